The van der Waals surface area contributed by atoms with E-state index in [0.717, 1.165) is 62.3 Å². The number of furan rings is 1. The average molecular weight is 590 g/mol. The third kappa shape index (κ3) is 4.86. The summed E-state index contributed by atoms with van der Waals surface area (Å²) in [5.41, 5.74) is 19.1. The minimum absolute atomic E-state index is 0.869. The number of hydrogen-bond donors (Lipinski definition) is 3. The van der Waals surface area contributed by atoms with E-state index in [0.29, 0.717) is 0 Å². The van der Waals surface area contributed by atoms with Crippen molar-refractivity contribution in [1.82, 2.24) is 9.97 Å². The van der Waals surface area contributed by atoms with Crippen LogP contribution in [-0.2, 0) is 6.42 Å². The van der Waals surface area contributed by atoms with Gasteiger partial charge in [-0.3, -0.25) is 5.32 Å². The molecule has 0 fully saturated rings. The van der Waals surface area contributed by atoms with Gasteiger partial charge in [0.2, 0.25) is 0 Å². The van der Waals surface area contributed by atoms with Crippen molar-refractivity contribution >= 4 is 29.6 Å². The summed E-state index contributed by atoms with van der Waals surface area (Å²) in [4.78, 5) is 12.9. The van der Waals surface area contributed by atoms with Gasteiger partial charge in [-0.05, 0) is 121 Å². The molecule has 0 atom stereocenters. The molecule has 6 heterocycles. The Morgan fingerprint density at radius 2 is 1.30 bits per heavy atom. The molecule has 0 aromatic carbocycles. The standard InChI is InChI=1S/C39H48N4O/c1-11-13-15-28-26(9)32-17-30-20(3)22(5)36(42-30)38-24(7)25(8)39(44-38)37-23(6)21(4)31(43-37)18-33-27(10)29(16-14-12-2)35(41-33)19-34(28)40-32/h17-19,40-42H,11-16H2,1-10H3/p+1. The Bertz CT molecular complexity index is 2180. The number of H-pyrrole nitrogens is 2. The lowest BCUT2D eigenvalue weighted by Gasteiger charge is -2.02. The van der Waals surface area contributed by atoms with Crippen LogP contribution in [0.5, 0.6) is 0 Å². The number of nitrogens with two attached hydrogens (primary N) is 1. The summed E-state index contributed by atoms with van der Waals surface area (Å²) < 4.78 is 6.75. The van der Waals surface area contributed by atoms with Gasteiger partial charge in [0, 0.05) is 50.5 Å². The lowest BCUT2D eigenvalue weighted by molar-refractivity contribution is -0.536. The molecule has 10 bridgehead atoms. The Hall–Kier alpha value is -3.83. The van der Waals surface area contributed by atoms with Gasteiger partial charge >= 0.3 is 0 Å². The quantitative estimate of drug-likeness (QED) is 0.356. The highest BCUT2D eigenvalue weighted by atomic mass is 16.3. The summed E-state index contributed by atoms with van der Waals surface area (Å²) in [5.74, 6) is 0. The third-order valence-corrected chi connectivity index (χ3v) is 10.5. The second-order valence-corrected chi connectivity index (χ2v) is 13.1. The molecule has 0 saturated heterocycles. The number of allylic oxidation sites excluding steroid dienone is 5. The SMILES string of the molecule is CCCCC1=C2C=c3[nH]c(c(C)c3CCCC)=CC3=NC(=c4oc(c(C)c4C)=c4[nH]c(c(C)c4C)=CC(=C1C)[NH2+]2)C(C)=C3C. The first-order valence-corrected chi connectivity index (χ1v) is 16.5. The van der Waals surface area contributed by atoms with Crippen LogP contribution in [0.25, 0.3) is 23.9 Å². The number of hydrogen-bond acceptors (Lipinski definition) is 2. The smallest absolute Gasteiger partial charge is 0.156 e. The Kier molecular flexibility index (Phi) is 7.96. The molecule has 3 aliphatic rings. The van der Waals surface area contributed by atoms with Crippen molar-refractivity contribution < 1.29 is 9.73 Å². The van der Waals surface area contributed by atoms with Crippen LogP contribution in [0.1, 0.15) is 100 Å². The van der Waals surface area contributed by atoms with E-state index in [2.05, 4.69) is 103 Å². The van der Waals surface area contributed by atoms with Gasteiger partial charge in [-0.2, -0.15) is 0 Å². The fourth-order valence-corrected chi connectivity index (χ4v) is 6.95. The summed E-state index contributed by atoms with van der Waals surface area (Å²) in [6.45, 7) is 22.2. The van der Waals surface area contributed by atoms with E-state index in [-0.39, 0.29) is 0 Å². The van der Waals surface area contributed by atoms with Crippen LogP contribution in [-0.4, -0.2) is 15.7 Å². The number of aromatic amines is 2. The first kappa shape index (κ1) is 30.2. The highest BCUT2D eigenvalue weighted by molar-refractivity contribution is 6.25. The van der Waals surface area contributed by atoms with Crippen LogP contribution < -0.4 is 26.8 Å². The lowest BCUT2D eigenvalue weighted by Crippen LogP contribution is -2.78. The number of unbranched alkanes of at least 4 members (excludes halogenated alkanes) is 2. The number of fused-ring (bicyclic) bond motifs is 9. The van der Waals surface area contributed by atoms with E-state index in [1.54, 1.807) is 0 Å². The summed E-state index contributed by atoms with van der Waals surface area (Å²) >= 11 is 0. The highest BCUT2D eigenvalue weighted by Gasteiger charge is 2.25. The predicted octanol–water partition coefficient (Wildman–Crippen LogP) is 5.36. The van der Waals surface area contributed by atoms with Crippen LogP contribution in [0.15, 0.2) is 43.1 Å². The maximum Gasteiger partial charge on any atom is 0.156 e. The van der Waals surface area contributed by atoms with Gasteiger partial charge in [0.25, 0.3) is 0 Å². The topological polar surface area (TPSA) is 73.7 Å². The predicted molar refractivity (Wildman–Crippen MR) is 183 cm³/mol. The van der Waals surface area contributed by atoms with Crippen molar-refractivity contribution in [1.29, 1.82) is 0 Å². The molecular weight excluding hydrogens is 540 g/mol. The molecule has 0 radical (unpaired) electrons. The number of nitrogens with zero attached hydrogens (tertiary/aromatic N) is 1. The van der Waals surface area contributed by atoms with E-state index in [1.165, 1.54) is 87.0 Å². The maximum atomic E-state index is 6.75. The number of nitrogens with one attached hydrogen (secondary N) is 2. The minimum atomic E-state index is 0.869. The molecule has 5 heteroatoms. The number of rotatable bonds is 6. The molecule has 0 aliphatic carbocycles. The normalized spacial score (nSPS) is 16.3. The highest BCUT2D eigenvalue weighted by Crippen LogP contribution is 2.28. The number of aliphatic imine (C=N–C) groups is 1. The maximum absolute atomic E-state index is 6.75. The van der Waals surface area contributed by atoms with Gasteiger partial charge in [-0.15, -0.1) is 0 Å². The van der Waals surface area contributed by atoms with E-state index in [9.17, 15) is 0 Å². The first-order chi connectivity index (χ1) is 21.0. The molecule has 0 unspecified atom stereocenters. The minimum Gasteiger partial charge on any atom is -0.452 e. The van der Waals surface area contributed by atoms with E-state index in [4.69, 9.17) is 9.41 Å². The van der Waals surface area contributed by atoms with Gasteiger partial charge in [-0.25, -0.2) is 4.99 Å². The Morgan fingerprint density at radius 3 is 2.02 bits per heavy atom. The molecule has 3 aliphatic heterocycles. The van der Waals surface area contributed by atoms with Gasteiger partial charge in [0.05, 0.1) is 11.1 Å². The van der Waals surface area contributed by atoms with Crippen LogP contribution in [0.4, 0.5) is 0 Å². The lowest BCUT2D eigenvalue weighted by atomic mass is 9.99. The van der Waals surface area contributed by atoms with Crippen molar-refractivity contribution in [2.75, 3.05) is 0 Å². The fraction of sp³-hybridized carbons (Fsp3) is 0.410. The van der Waals surface area contributed by atoms with Crippen LogP contribution in [0.2, 0.25) is 0 Å². The molecule has 4 N–H and O–H groups in total. The molecule has 230 valence electrons. The first-order valence-electron chi connectivity index (χ1n) is 16.5. The number of quaternary nitrogens is 1. The largest absolute Gasteiger partial charge is 0.452 e. The van der Waals surface area contributed by atoms with Gasteiger partial charge in [-0.1, -0.05) is 26.7 Å². The van der Waals surface area contributed by atoms with Gasteiger partial charge in [0.15, 0.2) is 10.8 Å². The van der Waals surface area contributed by atoms with Crippen LogP contribution in [0, 0.1) is 45.4 Å². The summed E-state index contributed by atoms with van der Waals surface area (Å²) in [7, 11) is 0. The molecule has 6 rings (SSSR count). The zero-order valence-corrected chi connectivity index (χ0v) is 28.4. The third-order valence-electron chi connectivity index (χ3n) is 10.5. The molecule has 3 aromatic heterocycles. The monoisotopic (exact) mass is 589 g/mol. The molecular formula is C39H49N4O+. The second kappa shape index (κ2) is 11.6. The number of aromatic nitrogens is 2. The van der Waals surface area contributed by atoms with Crippen molar-refractivity contribution in [3.8, 4) is 0 Å². The molecule has 0 amide bonds. The van der Waals surface area contributed by atoms with Crippen molar-refractivity contribution in [3.05, 3.63) is 99.3 Å². The Balaban J connectivity index is 1.76. The van der Waals surface area contributed by atoms with Crippen LogP contribution in [0.3, 0.4) is 0 Å². The molecule has 3 aromatic rings. The Morgan fingerprint density at radius 1 is 0.636 bits per heavy atom. The summed E-state index contributed by atoms with van der Waals surface area (Å²) in [5, 5.41) is 6.99. The van der Waals surface area contributed by atoms with Crippen molar-refractivity contribution in [2.24, 2.45) is 4.99 Å². The van der Waals surface area contributed by atoms with Gasteiger partial charge < -0.3 is 14.4 Å². The zero-order valence-electron chi connectivity index (χ0n) is 28.4. The van der Waals surface area contributed by atoms with Crippen molar-refractivity contribution in [3.63, 3.8) is 0 Å². The summed E-state index contributed by atoms with van der Waals surface area (Å²) in [6, 6.07) is 0. The molecule has 5 nitrogen and oxygen atoms in total. The second-order valence-electron chi connectivity index (χ2n) is 13.1. The summed E-state index contributed by atoms with van der Waals surface area (Å²) in [6.07, 6.45) is 13.9. The van der Waals surface area contributed by atoms with Crippen molar-refractivity contribution in [2.45, 2.75) is 108 Å². The molecule has 44 heavy (non-hydrogen) atoms. The van der Waals surface area contributed by atoms with E-state index < -0.39 is 0 Å². The molecule has 0 saturated carbocycles. The average Bonchev–Trinajstić information content (AvgIpc) is 3.72. The van der Waals surface area contributed by atoms with Crippen LogP contribution >= 0.6 is 0 Å². The van der Waals surface area contributed by atoms with E-state index in [1.807, 2.05) is 0 Å². The fourth-order valence-electron chi connectivity index (χ4n) is 6.95. The molecule has 0 spiro atoms. The Labute approximate surface area is 261 Å². The van der Waals surface area contributed by atoms with E-state index >= 15 is 0 Å². The van der Waals surface area contributed by atoms with Gasteiger partial charge in [0.1, 0.15) is 17.1 Å². The zero-order chi connectivity index (χ0) is 31.4.